The van der Waals surface area contributed by atoms with Gasteiger partial charge < -0.3 is 19.4 Å². The quantitative estimate of drug-likeness (QED) is 0.771. The van der Waals surface area contributed by atoms with E-state index in [0.717, 1.165) is 0 Å². The highest BCUT2D eigenvalue weighted by Crippen LogP contribution is 2.11. The lowest BCUT2D eigenvalue weighted by molar-refractivity contribution is 0.0752. The van der Waals surface area contributed by atoms with E-state index >= 15 is 0 Å². The fourth-order valence-corrected chi connectivity index (χ4v) is 1.08. The first-order valence-corrected chi connectivity index (χ1v) is 5.90. The first-order valence-electron chi connectivity index (χ1n) is 5.90. The van der Waals surface area contributed by atoms with Crippen molar-refractivity contribution in [3.8, 4) is 0 Å². The number of likely N-dealkylation sites (N-methyl/N-ethyl adjacent to an activating group) is 1. The van der Waals surface area contributed by atoms with Crippen LogP contribution in [0.4, 0.5) is 9.59 Å². The second-order valence-electron chi connectivity index (χ2n) is 5.44. The first-order chi connectivity index (χ1) is 8.07. The molecule has 0 atom stereocenters. The number of amides is 3. The highest BCUT2D eigenvalue weighted by atomic mass is 16.6. The Morgan fingerprint density at radius 3 is 1.94 bits per heavy atom. The van der Waals surface area contributed by atoms with Crippen LogP contribution in [0.25, 0.3) is 0 Å². The molecule has 0 aliphatic carbocycles. The van der Waals surface area contributed by atoms with E-state index in [4.69, 9.17) is 4.74 Å². The lowest BCUT2D eigenvalue weighted by Gasteiger charge is -2.31. The second kappa shape index (κ2) is 6.47. The average molecular weight is 259 g/mol. The fourth-order valence-electron chi connectivity index (χ4n) is 1.08. The summed E-state index contributed by atoms with van der Waals surface area (Å²) in [6.45, 7) is 6.35. The second-order valence-corrected chi connectivity index (χ2v) is 5.44. The van der Waals surface area contributed by atoms with Crippen molar-refractivity contribution in [2.24, 2.45) is 0 Å². The molecule has 6 nitrogen and oxygen atoms in total. The van der Waals surface area contributed by atoms with Crippen LogP contribution in [-0.4, -0.2) is 73.7 Å². The highest BCUT2D eigenvalue weighted by Gasteiger charge is 2.23. The number of carbonyl (C=O) groups is 2. The molecule has 0 rings (SSSR count). The maximum absolute atomic E-state index is 11.7. The molecule has 0 N–H and O–H groups in total. The van der Waals surface area contributed by atoms with E-state index in [2.05, 4.69) is 0 Å². The molecule has 0 aromatic heterocycles. The normalized spacial score (nSPS) is 10.8. The predicted octanol–water partition coefficient (Wildman–Crippen LogP) is 1.47. The molecule has 0 aliphatic rings. The van der Waals surface area contributed by atoms with Crippen LogP contribution < -0.4 is 0 Å². The smallest absolute Gasteiger partial charge is 0.409 e. The summed E-state index contributed by atoms with van der Waals surface area (Å²) < 4.78 is 5.11. The number of ether oxygens (including phenoxy) is 1. The summed E-state index contributed by atoms with van der Waals surface area (Å²) in [6, 6.07) is -0.116. The molecule has 0 aromatic carbocycles. The van der Waals surface area contributed by atoms with Crippen LogP contribution in [0.3, 0.4) is 0 Å². The van der Waals surface area contributed by atoms with E-state index in [1.54, 1.807) is 28.2 Å². The first kappa shape index (κ1) is 16.5. The Kier molecular flexibility index (Phi) is 5.94. The minimum atomic E-state index is -0.381. The molecule has 6 heteroatoms. The monoisotopic (exact) mass is 259 g/mol. The van der Waals surface area contributed by atoms with Gasteiger partial charge >= 0.3 is 12.1 Å². The van der Waals surface area contributed by atoms with Crippen molar-refractivity contribution >= 4 is 12.1 Å². The Morgan fingerprint density at radius 2 is 1.56 bits per heavy atom. The van der Waals surface area contributed by atoms with Crippen molar-refractivity contribution < 1.29 is 14.3 Å². The summed E-state index contributed by atoms with van der Waals surface area (Å²) in [4.78, 5) is 27.7. The molecule has 0 spiro atoms. The molecule has 0 saturated carbocycles. The van der Waals surface area contributed by atoms with Gasteiger partial charge in [-0.2, -0.15) is 0 Å². The van der Waals surface area contributed by atoms with Gasteiger partial charge in [0, 0.05) is 33.7 Å². The van der Waals surface area contributed by atoms with Crippen LogP contribution in [0.15, 0.2) is 0 Å². The molecule has 106 valence electrons. The van der Waals surface area contributed by atoms with Gasteiger partial charge in [-0.05, 0) is 20.8 Å². The van der Waals surface area contributed by atoms with Crippen molar-refractivity contribution in [3.63, 3.8) is 0 Å². The molecular weight excluding hydrogens is 234 g/mol. The van der Waals surface area contributed by atoms with Gasteiger partial charge in [0.1, 0.15) is 6.61 Å². The van der Waals surface area contributed by atoms with Crippen LogP contribution in [0.5, 0.6) is 0 Å². The molecule has 0 saturated heterocycles. The standard InChI is InChI=1S/C12H25N3O3/c1-12(2,3)15(7)11(17)18-9-8-14(6)10(16)13(4)5/h8-9H2,1-7H3. The van der Waals surface area contributed by atoms with Crippen molar-refractivity contribution in [1.29, 1.82) is 0 Å². The van der Waals surface area contributed by atoms with Crippen molar-refractivity contribution in [2.75, 3.05) is 41.3 Å². The maximum atomic E-state index is 11.7. The molecule has 3 amide bonds. The largest absolute Gasteiger partial charge is 0.448 e. The predicted molar refractivity (Wildman–Crippen MR) is 70.6 cm³/mol. The molecular formula is C12H25N3O3. The molecule has 0 bridgehead atoms. The van der Waals surface area contributed by atoms with Crippen LogP contribution >= 0.6 is 0 Å². The summed E-state index contributed by atoms with van der Waals surface area (Å²) in [5.41, 5.74) is -0.275. The molecule has 18 heavy (non-hydrogen) atoms. The third kappa shape index (κ3) is 5.25. The summed E-state index contributed by atoms with van der Waals surface area (Å²) in [6.07, 6.45) is -0.381. The Hall–Kier alpha value is -1.46. The van der Waals surface area contributed by atoms with Crippen LogP contribution in [0.2, 0.25) is 0 Å². The topological polar surface area (TPSA) is 53.1 Å². The Balaban J connectivity index is 4.06. The summed E-state index contributed by atoms with van der Waals surface area (Å²) in [5, 5.41) is 0. The zero-order valence-corrected chi connectivity index (χ0v) is 12.5. The molecule has 0 aromatic rings. The number of hydrogen-bond acceptors (Lipinski definition) is 3. The lowest BCUT2D eigenvalue weighted by atomic mass is 10.1. The van der Waals surface area contributed by atoms with E-state index in [-0.39, 0.29) is 24.3 Å². The zero-order chi connectivity index (χ0) is 14.5. The summed E-state index contributed by atoms with van der Waals surface area (Å²) in [7, 11) is 6.72. The van der Waals surface area contributed by atoms with Gasteiger partial charge in [0.2, 0.25) is 0 Å². The number of urea groups is 1. The van der Waals surface area contributed by atoms with E-state index < -0.39 is 0 Å². The zero-order valence-electron chi connectivity index (χ0n) is 12.5. The van der Waals surface area contributed by atoms with E-state index in [0.29, 0.717) is 6.54 Å². The number of hydrogen-bond donors (Lipinski definition) is 0. The Bertz CT molecular complexity index is 297. The summed E-state index contributed by atoms with van der Waals surface area (Å²) in [5.74, 6) is 0. The number of rotatable bonds is 3. The van der Waals surface area contributed by atoms with Crippen molar-refractivity contribution in [2.45, 2.75) is 26.3 Å². The Morgan fingerprint density at radius 1 is 1.06 bits per heavy atom. The minimum absolute atomic E-state index is 0.116. The third-order valence-electron chi connectivity index (χ3n) is 2.64. The molecule has 0 unspecified atom stereocenters. The van der Waals surface area contributed by atoms with Gasteiger partial charge in [-0.25, -0.2) is 9.59 Å². The van der Waals surface area contributed by atoms with E-state index in [1.165, 1.54) is 14.7 Å². The Labute approximate surface area is 109 Å². The molecule has 0 heterocycles. The number of nitrogens with zero attached hydrogens (tertiary/aromatic N) is 3. The molecule has 0 aliphatic heterocycles. The van der Waals surface area contributed by atoms with Crippen molar-refractivity contribution in [1.82, 2.24) is 14.7 Å². The van der Waals surface area contributed by atoms with Gasteiger partial charge in [-0.15, -0.1) is 0 Å². The van der Waals surface area contributed by atoms with Crippen LogP contribution in [0.1, 0.15) is 20.8 Å². The fraction of sp³-hybridized carbons (Fsp3) is 0.833. The van der Waals surface area contributed by atoms with Crippen molar-refractivity contribution in [3.05, 3.63) is 0 Å². The number of carbonyl (C=O) groups excluding carboxylic acids is 2. The molecule has 0 radical (unpaired) electrons. The minimum Gasteiger partial charge on any atom is -0.448 e. The van der Waals surface area contributed by atoms with Gasteiger partial charge in [0.15, 0.2) is 0 Å². The summed E-state index contributed by atoms with van der Waals surface area (Å²) >= 11 is 0. The van der Waals surface area contributed by atoms with E-state index in [1.807, 2.05) is 20.8 Å². The lowest BCUT2D eigenvalue weighted by Crippen LogP contribution is -2.44. The average Bonchev–Trinajstić information content (AvgIpc) is 2.25. The molecule has 0 fully saturated rings. The van der Waals surface area contributed by atoms with Gasteiger partial charge in [0.25, 0.3) is 0 Å². The van der Waals surface area contributed by atoms with Gasteiger partial charge in [-0.1, -0.05) is 0 Å². The van der Waals surface area contributed by atoms with Gasteiger partial charge in [0.05, 0.1) is 6.54 Å². The van der Waals surface area contributed by atoms with Crippen LogP contribution in [0, 0.1) is 0 Å². The van der Waals surface area contributed by atoms with Gasteiger partial charge in [-0.3, -0.25) is 0 Å². The highest BCUT2D eigenvalue weighted by molar-refractivity contribution is 5.73. The maximum Gasteiger partial charge on any atom is 0.409 e. The SMILES string of the molecule is CN(C)C(=O)N(C)CCOC(=O)N(C)C(C)(C)C. The third-order valence-corrected chi connectivity index (χ3v) is 2.64. The van der Waals surface area contributed by atoms with E-state index in [9.17, 15) is 9.59 Å². The van der Waals surface area contributed by atoms with Crippen LogP contribution in [-0.2, 0) is 4.74 Å².